The van der Waals surface area contributed by atoms with Crippen molar-refractivity contribution < 1.29 is 37.1 Å². The summed E-state index contributed by atoms with van der Waals surface area (Å²) in [5.41, 5.74) is -0.314. The first-order valence-corrected chi connectivity index (χ1v) is 13.2. The molecular formula is C28H32F4N6O5. The van der Waals surface area contributed by atoms with Crippen LogP contribution in [0.5, 0.6) is 0 Å². The zero-order valence-corrected chi connectivity index (χ0v) is 23.7. The van der Waals surface area contributed by atoms with Crippen LogP contribution in [0.25, 0.3) is 11.0 Å². The Morgan fingerprint density at radius 1 is 1.21 bits per heavy atom. The number of hydrogen-bond donors (Lipinski definition) is 3. The Kier molecular flexibility index (Phi) is 10.7. The lowest BCUT2D eigenvalue weighted by atomic mass is 10.0. The molecule has 43 heavy (non-hydrogen) atoms. The van der Waals surface area contributed by atoms with Crippen LogP contribution >= 0.6 is 0 Å². The molecule has 0 aliphatic carbocycles. The normalized spacial score (nSPS) is 12.4. The lowest BCUT2D eigenvalue weighted by molar-refractivity contribution is -0.134. The highest BCUT2D eigenvalue weighted by Crippen LogP contribution is 2.26. The second-order valence-electron chi connectivity index (χ2n) is 10.2. The lowest BCUT2D eigenvalue weighted by Gasteiger charge is -2.21. The fourth-order valence-corrected chi connectivity index (χ4v) is 4.24. The highest BCUT2D eigenvalue weighted by atomic mass is 19.4. The Labute approximate surface area is 243 Å². The van der Waals surface area contributed by atoms with Gasteiger partial charge in [0.15, 0.2) is 0 Å². The smallest absolute Gasteiger partial charge is 0.407 e. The van der Waals surface area contributed by atoms with E-state index >= 15 is 0 Å². The number of amides is 3. The summed E-state index contributed by atoms with van der Waals surface area (Å²) in [4.78, 5) is 58.9. The van der Waals surface area contributed by atoms with Crippen molar-refractivity contribution in [2.24, 2.45) is 5.92 Å². The first-order chi connectivity index (χ1) is 20.1. The maximum Gasteiger partial charge on any atom is 0.407 e. The minimum atomic E-state index is -4.43. The van der Waals surface area contributed by atoms with Crippen molar-refractivity contribution in [1.29, 1.82) is 0 Å². The number of aromatic nitrogens is 3. The Balaban J connectivity index is 1.79. The summed E-state index contributed by atoms with van der Waals surface area (Å²) < 4.78 is 53.5. The average Bonchev–Trinajstić information content (AvgIpc) is 3.32. The molecule has 0 aliphatic rings. The summed E-state index contributed by atoms with van der Waals surface area (Å²) in [5, 5.41) is 11.8. The van der Waals surface area contributed by atoms with Gasteiger partial charge >= 0.3 is 12.3 Å². The largest absolute Gasteiger partial charge is 0.465 e. The van der Waals surface area contributed by atoms with Crippen LogP contribution in [-0.4, -0.2) is 81.2 Å². The number of rotatable bonds is 12. The number of alkyl halides is 3. The number of halogens is 4. The number of aromatic amines is 1. The number of aryl methyl sites for hydroxylation is 1. The van der Waals surface area contributed by atoms with Gasteiger partial charge in [-0.2, -0.15) is 13.2 Å². The molecule has 0 spiro atoms. The number of hydrogen-bond acceptors (Lipinski definition) is 5. The standard InChI is InChI=1S/C28H32F4N6O5/c1-36(2)23(39)9-5-4-7-18(15-37(3)27(42)43)25(40)34-20-8-6-12-38(26(20)41)16-22-33-21-14-19(29)13-17(24(21)35-22)10-11-28(30,31)32/h5-6,8-9,12-14,18H,4,7,10-11,15-16H2,1-3H3,(H,33,35)(H,34,40)(H,42,43)/b9-5+/t18-/m0/s1. The van der Waals surface area contributed by atoms with E-state index in [1.54, 1.807) is 20.2 Å². The minimum Gasteiger partial charge on any atom is -0.465 e. The predicted octanol–water partition coefficient (Wildman–Crippen LogP) is 4.00. The summed E-state index contributed by atoms with van der Waals surface area (Å²) >= 11 is 0. The third-order valence-corrected chi connectivity index (χ3v) is 6.53. The average molecular weight is 609 g/mol. The zero-order chi connectivity index (χ0) is 31.9. The third-order valence-electron chi connectivity index (χ3n) is 6.53. The molecule has 0 saturated heterocycles. The van der Waals surface area contributed by atoms with Crippen molar-refractivity contribution in [2.75, 3.05) is 33.0 Å². The number of nitrogens with one attached hydrogen (secondary N) is 2. The maximum absolute atomic E-state index is 14.1. The van der Waals surface area contributed by atoms with Gasteiger partial charge in [-0.25, -0.2) is 14.2 Å². The van der Waals surface area contributed by atoms with Crippen LogP contribution in [0.4, 0.5) is 28.0 Å². The molecule has 2 aromatic heterocycles. The number of likely N-dealkylation sites (N-methyl/N-ethyl adjacent to an activating group) is 1. The van der Waals surface area contributed by atoms with Crippen molar-refractivity contribution in [3.63, 3.8) is 0 Å². The first kappa shape index (κ1) is 32.8. The van der Waals surface area contributed by atoms with E-state index in [0.29, 0.717) is 6.42 Å². The number of carbonyl (C=O) groups excluding carboxylic acids is 2. The quantitative estimate of drug-likeness (QED) is 0.210. The third kappa shape index (κ3) is 9.41. The molecule has 2 heterocycles. The molecular weight excluding hydrogens is 576 g/mol. The van der Waals surface area contributed by atoms with E-state index in [2.05, 4.69) is 15.3 Å². The maximum atomic E-state index is 14.1. The molecule has 3 rings (SSSR count). The highest BCUT2D eigenvalue weighted by Gasteiger charge is 2.27. The SMILES string of the molecule is CN(C)C(=O)/C=C/CC[C@@H](CN(C)C(=O)O)C(=O)Nc1cccn(Cc2nc3c(CCC(F)(F)F)cc(F)cc3[nH]2)c1=O. The number of anilines is 1. The molecule has 0 saturated carbocycles. The Morgan fingerprint density at radius 3 is 2.58 bits per heavy atom. The van der Waals surface area contributed by atoms with E-state index in [1.807, 2.05) is 0 Å². The number of nitrogens with zero attached hydrogens (tertiary/aromatic N) is 4. The van der Waals surface area contributed by atoms with E-state index in [1.165, 1.54) is 40.9 Å². The molecule has 0 fully saturated rings. The fraction of sp³-hybridized carbons (Fsp3) is 0.393. The molecule has 3 N–H and O–H groups in total. The van der Waals surface area contributed by atoms with Gasteiger partial charge < -0.3 is 29.8 Å². The molecule has 1 aromatic carbocycles. The second-order valence-corrected chi connectivity index (χ2v) is 10.2. The molecule has 15 heteroatoms. The van der Waals surface area contributed by atoms with Gasteiger partial charge in [-0.05, 0) is 55.2 Å². The topological polar surface area (TPSA) is 141 Å². The fourth-order valence-electron chi connectivity index (χ4n) is 4.24. The summed E-state index contributed by atoms with van der Waals surface area (Å²) in [5.74, 6) is -2.26. The Bertz CT molecular complexity index is 1560. The minimum absolute atomic E-state index is 0.0708. The number of imidazole rings is 1. The number of H-pyrrole nitrogens is 1. The van der Waals surface area contributed by atoms with E-state index < -0.39 is 48.3 Å². The van der Waals surface area contributed by atoms with E-state index in [9.17, 15) is 41.8 Å². The number of allylic oxidation sites excluding steroid dienone is 1. The van der Waals surface area contributed by atoms with Gasteiger partial charge in [-0.1, -0.05) is 6.08 Å². The Hall–Kier alpha value is -4.69. The van der Waals surface area contributed by atoms with Crippen LogP contribution in [0.15, 0.2) is 47.4 Å². The number of carboxylic acid groups (broad SMARTS) is 1. The van der Waals surface area contributed by atoms with Crippen LogP contribution in [0.2, 0.25) is 0 Å². The van der Waals surface area contributed by atoms with Gasteiger partial charge in [0.05, 0.1) is 23.5 Å². The summed E-state index contributed by atoms with van der Waals surface area (Å²) in [6.45, 7) is -0.322. The molecule has 11 nitrogen and oxygen atoms in total. The summed E-state index contributed by atoms with van der Waals surface area (Å²) in [7, 11) is 4.47. The molecule has 0 bridgehead atoms. The summed E-state index contributed by atoms with van der Waals surface area (Å²) in [6.07, 6.45) is -2.48. The van der Waals surface area contributed by atoms with Crippen LogP contribution in [-0.2, 0) is 22.6 Å². The van der Waals surface area contributed by atoms with Crippen LogP contribution in [0.1, 0.15) is 30.7 Å². The van der Waals surface area contributed by atoms with Crippen LogP contribution in [0.3, 0.4) is 0 Å². The molecule has 232 valence electrons. The van der Waals surface area contributed by atoms with Gasteiger partial charge in [-0.3, -0.25) is 14.4 Å². The molecule has 3 amide bonds. The van der Waals surface area contributed by atoms with Crippen molar-refractivity contribution >= 4 is 34.6 Å². The van der Waals surface area contributed by atoms with Gasteiger partial charge in [0.2, 0.25) is 11.8 Å². The molecule has 3 aromatic rings. The monoisotopic (exact) mass is 608 g/mol. The summed E-state index contributed by atoms with van der Waals surface area (Å²) in [6, 6.07) is 4.95. The number of carbonyl (C=O) groups is 3. The predicted molar refractivity (Wildman–Crippen MR) is 150 cm³/mol. The first-order valence-electron chi connectivity index (χ1n) is 13.2. The zero-order valence-electron chi connectivity index (χ0n) is 23.7. The van der Waals surface area contributed by atoms with E-state index in [4.69, 9.17) is 0 Å². The van der Waals surface area contributed by atoms with Crippen LogP contribution < -0.4 is 10.9 Å². The number of pyridine rings is 1. The highest BCUT2D eigenvalue weighted by molar-refractivity contribution is 5.92. The van der Waals surface area contributed by atoms with Crippen molar-refractivity contribution in [3.05, 3.63) is 70.2 Å². The van der Waals surface area contributed by atoms with Crippen molar-refractivity contribution in [1.82, 2.24) is 24.3 Å². The van der Waals surface area contributed by atoms with Crippen LogP contribution in [0, 0.1) is 11.7 Å². The van der Waals surface area contributed by atoms with Gasteiger partial charge in [0, 0.05) is 40.3 Å². The second kappa shape index (κ2) is 14.0. The molecule has 0 radical (unpaired) electrons. The van der Waals surface area contributed by atoms with E-state index in [-0.39, 0.29) is 53.5 Å². The van der Waals surface area contributed by atoms with Crippen molar-refractivity contribution in [2.45, 2.75) is 38.4 Å². The molecule has 0 unspecified atom stereocenters. The van der Waals surface area contributed by atoms with Gasteiger partial charge in [0.1, 0.15) is 17.3 Å². The van der Waals surface area contributed by atoms with Crippen molar-refractivity contribution in [3.8, 4) is 0 Å². The van der Waals surface area contributed by atoms with Gasteiger partial charge in [0.25, 0.3) is 5.56 Å². The molecule has 0 aliphatic heterocycles. The number of fused-ring (bicyclic) bond motifs is 1. The van der Waals surface area contributed by atoms with E-state index in [0.717, 1.165) is 17.0 Å². The lowest BCUT2D eigenvalue weighted by Crippen LogP contribution is -2.37. The molecule has 1 atom stereocenters. The number of benzene rings is 1. The Morgan fingerprint density at radius 2 is 1.93 bits per heavy atom. The van der Waals surface area contributed by atoms with Gasteiger partial charge in [-0.15, -0.1) is 0 Å².